The predicted molar refractivity (Wildman–Crippen MR) is 132 cm³/mol. The van der Waals surface area contributed by atoms with E-state index in [1.807, 2.05) is 25.3 Å². The summed E-state index contributed by atoms with van der Waals surface area (Å²) < 4.78 is 7.16. The number of hydrogen-bond donors (Lipinski definition) is 2. The molecule has 34 heavy (non-hydrogen) atoms. The van der Waals surface area contributed by atoms with Crippen LogP contribution in [0.3, 0.4) is 0 Å². The van der Waals surface area contributed by atoms with Crippen molar-refractivity contribution in [2.24, 2.45) is 5.92 Å². The Labute approximate surface area is 201 Å². The number of hydrogen-bond acceptors (Lipinski definition) is 6. The zero-order valence-corrected chi connectivity index (χ0v) is 19.8. The van der Waals surface area contributed by atoms with Crippen molar-refractivity contribution in [1.82, 2.24) is 24.8 Å². The molecule has 8 nitrogen and oxygen atoms in total. The highest BCUT2D eigenvalue weighted by atomic mass is 16.5. The lowest BCUT2D eigenvalue weighted by molar-refractivity contribution is -0.122. The fourth-order valence-electron chi connectivity index (χ4n) is 3.85. The third-order valence-corrected chi connectivity index (χ3v) is 5.89. The van der Waals surface area contributed by atoms with Crippen LogP contribution in [0.1, 0.15) is 43.9 Å². The number of imidazole rings is 1. The first-order valence-corrected chi connectivity index (χ1v) is 12.2. The van der Waals surface area contributed by atoms with Gasteiger partial charge >= 0.3 is 0 Å². The lowest BCUT2D eigenvalue weighted by Crippen LogP contribution is -2.41. The maximum absolute atomic E-state index is 13.0. The van der Waals surface area contributed by atoms with Crippen molar-refractivity contribution in [2.45, 2.75) is 51.5 Å². The molecule has 1 unspecified atom stereocenters. The third kappa shape index (κ3) is 7.38. The molecule has 2 aromatic heterocycles. The number of ether oxygens (including phenoxy) is 1. The van der Waals surface area contributed by atoms with Crippen LogP contribution in [0, 0.1) is 5.92 Å². The zero-order valence-electron chi connectivity index (χ0n) is 19.8. The molecule has 1 aromatic carbocycles. The van der Waals surface area contributed by atoms with Crippen molar-refractivity contribution in [3.8, 4) is 5.95 Å². The van der Waals surface area contributed by atoms with Crippen molar-refractivity contribution in [3.05, 3.63) is 66.4 Å². The Morgan fingerprint density at radius 1 is 1.21 bits per heavy atom. The number of aromatic nitrogens is 4. The normalized spacial score (nSPS) is 14.0. The largest absolute Gasteiger partial charge is 0.382 e. The van der Waals surface area contributed by atoms with E-state index >= 15 is 0 Å². The lowest BCUT2D eigenvalue weighted by Gasteiger charge is -2.20. The second-order valence-corrected chi connectivity index (χ2v) is 8.72. The Hall–Kier alpha value is -3.26. The van der Waals surface area contributed by atoms with Crippen LogP contribution >= 0.6 is 0 Å². The molecule has 1 amide bonds. The van der Waals surface area contributed by atoms with Crippen LogP contribution in [0.4, 0.5) is 5.82 Å². The van der Waals surface area contributed by atoms with Crippen molar-refractivity contribution < 1.29 is 9.53 Å². The van der Waals surface area contributed by atoms with E-state index in [1.54, 1.807) is 17.1 Å². The topological polar surface area (TPSA) is 94.0 Å². The summed E-state index contributed by atoms with van der Waals surface area (Å²) in [6.07, 6.45) is 10.9. The molecule has 0 saturated heterocycles. The van der Waals surface area contributed by atoms with Gasteiger partial charge in [-0.15, -0.1) is 0 Å². The minimum absolute atomic E-state index is 0.0111. The Kier molecular flexibility index (Phi) is 8.62. The molecule has 1 atom stereocenters. The molecule has 1 fully saturated rings. The van der Waals surface area contributed by atoms with E-state index in [9.17, 15) is 4.79 Å². The molecular formula is C26H34N6O2. The number of amides is 1. The number of aryl methyl sites for hydroxylation is 2. The van der Waals surface area contributed by atoms with Crippen molar-refractivity contribution in [1.29, 1.82) is 0 Å². The monoisotopic (exact) mass is 462 g/mol. The molecule has 4 rings (SSSR count). The molecule has 1 aliphatic carbocycles. The number of nitrogens with zero attached hydrogens (tertiary/aromatic N) is 4. The van der Waals surface area contributed by atoms with Gasteiger partial charge in [-0.2, -0.15) is 4.98 Å². The SMILES string of the molecule is CCOCCCNC(=O)C(CC1CC1)Nc1cc(CCc2ccccc2)nc(-n2ccnc2)n1. The first kappa shape index (κ1) is 23.9. The van der Waals surface area contributed by atoms with Gasteiger partial charge in [-0.3, -0.25) is 9.36 Å². The summed E-state index contributed by atoms with van der Waals surface area (Å²) in [6.45, 7) is 3.93. The summed E-state index contributed by atoms with van der Waals surface area (Å²) in [5, 5.41) is 6.47. The van der Waals surface area contributed by atoms with Crippen LogP contribution in [-0.4, -0.2) is 51.2 Å². The zero-order chi connectivity index (χ0) is 23.6. The summed E-state index contributed by atoms with van der Waals surface area (Å²) in [4.78, 5) is 26.6. The Morgan fingerprint density at radius 3 is 2.79 bits per heavy atom. The molecule has 0 bridgehead atoms. The summed E-state index contributed by atoms with van der Waals surface area (Å²) >= 11 is 0. The van der Waals surface area contributed by atoms with E-state index in [1.165, 1.54) is 18.4 Å². The van der Waals surface area contributed by atoms with Gasteiger partial charge in [0, 0.05) is 43.9 Å². The average molecular weight is 463 g/mol. The highest BCUT2D eigenvalue weighted by Gasteiger charge is 2.29. The molecule has 180 valence electrons. The van der Waals surface area contributed by atoms with Crippen LogP contribution in [0.2, 0.25) is 0 Å². The number of nitrogens with one attached hydrogen (secondary N) is 2. The fraction of sp³-hybridized carbons (Fsp3) is 0.462. The smallest absolute Gasteiger partial charge is 0.242 e. The van der Waals surface area contributed by atoms with Gasteiger partial charge in [0.25, 0.3) is 0 Å². The van der Waals surface area contributed by atoms with E-state index in [4.69, 9.17) is 14.7 Å². The maximum Gasteiger partial charge on any atom is 0.242 e. The molecule has 3 aromatic rings. The first-order chi connectivity index (χ1) is 16.7. The summed E-state index contributed by atoms with van der Waals surface area (Å²) in [7, 11) is 0. The Bertz CT molecular complexity index is 1020. The summed E-state index contributed by atoms with van der Waals surface area (Å²) in [6, 6.07) is 12.0. The highest BCUT2D eigenvalue weighted by molar-refractivity contribution is 5.84. The molecule has 0 aliphatic heterocycles. The van der Waals surface area contributed by atoms with Crippen LogP contribution < -0.4 is 10.6 Å². The first-order valence-electron chi connectivity index (χ1n) is 12.2. The third-order valence-electron chi connectivity index (χ3n) is 5.89. The fourth-order valence-corrected chi connectivity index (χ4v) is 3.85. The second kappa shape index (κ2) is 12.3. The average Bonchev–Trinajstić information content (AvgIpc) is 3.50. The van der Waals surface area contributed by atoms with Gasteiger partial charge in [0.2, 0.25) is 11.9 Å². The van der Waals surface area contributed by atoms with Crippen LogP contribution in [-0.2, 0) is 22.4 Å². The standard InChI is InChI=1S/C26H34N6O2/c1-2-34-16-6-13-28-25(33)23(17-21-9-10-21)30-24-18-22(12-11-20-7-4-3-5-8-20)29-26(31-24)32-15-14-27-19-32/h3-5,7-8,14-15,18-19,21,23H,2,6,9-13,16-17H2,1H3,(H,28,33)(H,29,30,31). The maximum atomic E-state index is 13.0. The van der Waals surface area contributed by atoms with E-state index < -0.39 is 0 Å². The molecule has 0 radical (unpaired) electrons. The number of benzene rings is 1. The molecule has 2 N–H and O–H groups in total. The molecule has 2 heterocycles. The number of rotatable bonds is 14. The highest BCUT2D eigenvalue weighted by Crippen LogP contribution is 2.34. The van der Waals surface area contributed by atoms with Gasteiger partial charge in [-0.05, 0) is 44.1 Å². The van der Waals surface area contributed by atoms with E-state index in [2.05, 4.69) is 39.9 Å². The van der Waals surface area contributed by atoms with Gasteiger partial charge in [0.05, 0.1) is 0 Å². The van der Waals surface area contributed by atoms with Crippen LogP contribution in [0.25, 0.3) is 5.95 Å². The summed E-state index contributed by atoms with van der Waals surface area (Å²) in [5.41, 5.74) is 2.19. The molecular weight excluding hydrogens is 428 g/mol. The molecule has 0 spiro atoms. The minimum atomic E-state index is -0.327. The van der Waals surface area contributed by atoms with Crippen molar-refractivity contribution >= 4 is 11.7 Å². The van der Waals surface area contributed by atoms with E-state index in [-0.39, 0.29) is 11.9 Å². The Balaban J connectivity index is 1.47. The predicted octanol–water partition coefficient (Wildman–Crippen LogP) is 3.57. The number of anilines is 1. The second-order valence-electron chi connectivity index (χ2n) is 8.72. The van der Waals surface area contributed by atoms with Crippen molar-refractivity contribution in [3.63, 3.8) is 0 Å². The van der Waals surface area contributed by atoms with Gasteiger partial charge in [-0.25, -0.2) is 9.97 Å². The quantitative estimate of drug-likeness (QED) is 0.356. The Morgan fingerprint density at radius 2 is 2.06 bits per heavy atom. The molecule has 1 saturated carbocycles. The van der Waals surface area contributed by atoms with Crippen molar-refractivity contribution in [2.75, 3.05) is 25.1 Å². The number of carbonyl (C=O) groups excluding carboxylic acids is 1. The van der Waals surface area contributed by atoms with E-state index in [0.717, 1.165) is 31.4 Å². The van der Waals surface area contributed by atoms with Gasteiger partial charge in [0.15, 0.2) is 0 Å². The lowest BCUT2D eigenvalue weighted by atomic mass is 10.1. The van der Waals surface area contributed by atoms with Gasteiger partial charge in [0.1, 0.15) is 18.2 Å². The summed E-state index contributed by atoms with van der Waals surface area (Å²) in [5.74, 6) is 1.82. The molecule has 1 aliphatic rings. The van der Waals surface area contributed by atoms with Crippen LogP contribution in [0.15, 0.2) is 55.1 Å². The van der Waals surface area contributed by atoms with Gasteiger partial charge < -0.3 is 15.4 Å². The minimum Gasteiger partial charge on any atom is -0.382 e. The molecule has 8 heteroatoms. The van der Waals surface area contributed by atoms with Gasteiger partial charge in [-0.1, -0.05) is 43.2 Å². The number of carbonyl (C=O) groups is 1. The van der Waals surface area contributed by atoms with Crippen LogP contribution in [0.5, 0.6) is 0 Å². The van der Waals surface area contributed by atoms with E-state index in [0.29, 0.717) is 37.4 Å².